The van der Waals surface area contributed by atoms with Gasteiger partial charge in [-0.3, -0.25) is 14.4 Å². The summed E-state index contributed by atoms with van der Waals surface area (Å²) in [5.74, 6) is -0.955. The molecule has 1 spiro atoms. The smallest absolute Gasteiger partial charge is 0.376 e. The van der Waals surface area contributed by atoms with Crippen molar-refractivity contribution in [2.24, 2.45) is 0 Å². The van der Waals surface area contributed by atoms with Crippen molar-refractivity contribution in [3.63, 3.8) is 0 Å². The number of hydrogen-bond acceptors (Lipinski definition) is 5. The summed E-state index contributed by atoms with van der Waals surface area (Å²) >= 11 is 0. The molecule has 3 amide bonds. The molecule has 3 fully saturated rings. The lowest BCUT2D eigenvalue weighted by Gasteiger charge is -2.43. The highest BCUT2D eigenvalue weighted by Crippen LogP contribution is 2.40. The van der Waals surface area contributed by atoms with E-state index in [0.717, 1.165) is 30.7 Å². The Kier molecular flexibility index (Phi) is 7.53. The Labute approximate surface area is 224 Å². The van der Waals surface area contributed by atoms with E-state index in [1.807, 2.05) is 35.2 Å². The van der Waals surface area contributed by atoms with Gasteiger partial charge in [-0.15, -0.1) is 0 Å². The average molecular weight is 545 g/mol. The number of amides is 3. The average Bonchev–Trinajstić information content (AvgIpc) is 3.55. The summed E-state index contributed by atoms with van der Waals surface area (Å²) < 4.78 is 45.1. The van der Waals surface area contributed by atoms with Gasteiger partial charge in [0.05, 0.1) is 18.3 Å². The van der Waals surface area contributed by atoms with Gasteiger partial charge in [-0.25, -0.2) is 0 Å². The SMILES string of the molecule is O=C(CN1CN(c2ccccc2)C2(CCN(C(=O)c3cccc(C(F)(F)F)c3)CC2)C1=O)NCC1CCCO1. The molecule has 2 aromatic carbocycles. The second kappa shape index (κ2) is 10.9. The van der Waals surface area contributed by atoms with E-state index in [4.69, 9.17) is 4.74 Å². The third-order valence-electron chi connectivity index (χ3n) is 7.78. The number of carbonyl (C=O) groups is 3. The summed E-state index contributed by atoms with van der Waals surface area (Å²) in [6.45, 7) is 1.61. The van der Waals surface area contributed by atoms with E-state index in [0.29, 0.717) is 26.0 Å². The number of nitrogens with one attached hydrogen (secondary N) is 1. The van der Waals surface area contributed by atoms with E-state index in [9.17, 15) is 27.6 Å². The summed E-state index contributed by atoms with van der Waals surface area (Å²) in [5, 5.41) is 2.86. The van der Waals surface area contributed by atoms with Crippen molar-refractivity contribution in [2.75, 3.05) is 44.4 Å². The van der Waals surface area contributed by atoms with Crippen molar-refractivity contribution in [1.82, 2.24) is 15.1 Å². The third-order valence-corrected chi connectivity index (χ3v) is 7.78. The number of ether oxygens (including phenoxy) is 1. The minimum absolute atomic E-state index is 0.00548. The maximum atomic E-state index is 13.8. The van der Waals surface area contributed by atoms with Gasteiger partial charge < -0.3 is 24.8 Å². The Morgan fingerprint density at radius 3 is 2.46 bits per heavy atom. The zero-order valence-electron chi connectivity index (χ0n) is 21.5. The van der Waals surface area contributed by atoms with Crippen LogP contribution in [0.5, 0.6) is 0 Å². The molecule has 11 heteroatoms. The number of piperidine rings is 1. The molecule has 208 valence electrons. The predicted molar refractivity (Wildman–Crippen MR) is 137 cm³/mol. The van der Waals surface area contributed by atoms with Gasteiger partial charge in [0.15, 0.2) is 0 Å². The second-order valence-corrected chi connectivity index (χ2v) is 10.2. The zero-order chi connectivity index (χ0) is 27.6. The first-order chi connectivity index (χ1) is 18.7. The van der Waals surface area contributed by atoms with Crippen LogP contribution in [-0.2, 0) is 20.5 Å². The fourth-order valence-corrected chi connectivity index (χ4v) is 5.68. The molecule has 3 aliphatic heterocycles. The van der Waals surface area contributed by atoms with Crippen molar-refractivity contribution in [1.29, 1.82) is 0 Å². The lowest BCUT2D eigenvalue weighted by atomic mass is 9.85. The topological polar surface area (TPSA) is 82.2 Å². The normalized spacial score (nSPS) is 21.1. The van der Waals surface area contributed by atoms with Crippen molar-refractivity contribution in [3.8, 4) is 0 Å². The number of hydrogen-bond donors (Lipinski definition) is 1. The fourth-order valence-electron chi connectivity index (χ4n) is 5.68. The summed E-state index contributed by atoms with van der Waals surface area (Å²) in [6, 6.07) is 13.8. The Balaban J connectivity index is 1.30. The molecule has 1 atom stereocenters. The molecule has 39 heavy (non-hydrogen) atoms. The van der Waals surface area contributed by atoms with Gasteiger partial charge in [0, 0.05) is 37.5 Å². The maximum Gasteiger partial charge on any atom is 0.416 e. The number of rotatable bonds is 6. The van der Waals surface area contributed by atoms with E-state index >= 15 is 0 Å². The number of benzene rings is 2. The Morgan fingerprint density at radius 1 is 1.05 bits per heavy atom. The highest BCUT2D eigenvalue weighted by atomic mass is 19.4. The van der Waals surface area contributed by atoms with Crippen LogP contribution in [0.2, 0.25) is 0 Å². The minimum Gasteiger partial charge on any atom is -0.376 e. The van der Waals surface area contributed by atoms with E-state index < -0.39 is 23.2 Å². The lowest BCUT2D eigenvalue weighted by molar-refractivity contribution is -0.137. The molecular weight excluding hydrogens is 513 g/mol. The maximum absolute atomic E-state index is 13.8. The molecule has 3 saturated heterocycles. The van der Waals surface area contributed by atoms with Crippen LogP contribution < -0.4 is 10.2 Å². The minimum atomic E-state index is -4.55. The molecule has 3 heterocycles. The number of anilines is 1. The molecule has 0 radical (unpaired) electrons. The van der Waals surface area contributed by atoms with Gasteiger partial charge in [-0.2, -0.15) is 13.2 Å². The van der Waals surface area contributed by atoms with Gasteiger partial charge in [0.25, 0.3) is 11.8 Å². The zero-order valence-corrected chi connectivity index (χ0v) is 21.5. The molecule has 1 unspecified atom stereocenters. The summed E-state index contributed by atoms with van der Waals surface area (Å²) in [7, 11) is 0. The molecule has 0 aliphatic carbocycles. The van der Waals surface area contributed by atoms with E-state index in [1.54, 1.807) is 0 Å². The summed E-state index contributed by atoms with van der Waals surface area (Å²) in [5.41, 5.74) is -1.05. The number of likely N-dealkylation sites (tertiary alicyclic amines) is 1. The lowest BCUT2D eigenvalue weighted by Crippen LogP contribution is -2.57. The predicted octanol–water partition coefficient (Wildman–Crippen LogP) is 3.28. The number of para-hydroxylation sites is 1. The monoisotopic (exact) mass is 544 g/mol. The van der Waals surface area contributed by atoms with Crippen LogP contribution in [-0.4, -0.2) is 78.6 Å². The molecule has 0 aromatic heterocycles. The van der Waals surface area contributed by atoms with Crippen molar-refractivity contribution in [3.05, 3.63) is 65.7 Å². The number of alkyl halides is 3. The number of nitrogens with zero attached hydrogens (tertiary/aromatic N) is 3. The first-order valence-electron chi connectivity index (χ1n) is 13.1. The molecule has 5 rings (SSSR count). The van der Waals surface area contributed by atoms with E-state index in [-0.39, 0.29) is 49.8 Å². The Bertz CT molecular complexity index is 1210. The standard InChI is InChI=1S/C28H31F3N4O4/c29-28(30,31)21-7-4-6-20(16-21)25(37)33-13-11-27(12-14-33)26(38)34(19-35(27)22-8-2-1-3-9-22)18-24(36)32-17-23-10-5-15-39-23/h1-4,6-9,16,23H,5,10-15,17-19H2,(H,32,36). The van der Waals surface area contributed by atoms with Crippen LogP contribution in [0.3, 0.4) is 0 Å². The third kappa shape index (κ3) is 5.59. The van der Waals surface area contributed by atoms with Gasteiger partial charge in [-0.1, -0.05) is 24.3 Å². The molecule has 0 bridgehead atoms. The van der Waals surface area contributed by atoms with Crippen molar-refractivity contribution >= 4 is 23.4 Å². The molecule has 8 nitrogen and oxygen atoms in total. The van der Waals surface area contributed by atoms with Crippen LogP contribution >= 0.6 is 0 Å². The van der Waals surface area contributed by atoms with Crippen LogP contribution in [0, 0.1) is 0 Å². The first-order valence-corrected chi connectivity index (χ1v) is 13.1. The van der Waals surface area contributed by atoms with E-state index in [2.05, 4.69) is 5.32 Å². The van der Waals surface area contributed by atoms with Gasteiger partial charge in [0.1, 0.15) is 12.1 Å². The molecule has 3 aliphatic rings. The van der Waals surface area contributed by atoms with Gasteiger partial charge >= 0.3 is 6.18 Å². The highest BCUT2D eigenvalue weighted by molar-refractivity contribution is 5.97. The van der Waals surface area contributed by atoms with Crippen LogP contribution in [0.4, 0.5) is 18.9 Å². The molecule has 1 N–H and O–H groups in total. The van der Waals surface area contributed by atoms with Crippen LogP contribution in [0.1, 0.15) is 41.6 Å². The number of carbonyl (C=O) groups excluding carboxylic acids is 3. The quantitative estimate of drug-likeness (QED) is 0.604. The molecule has 2 aromatic rings. The Hall–Kier alpha value is -3.60. The highest BCUT2D eigenvalue weighted by Gasteiger charge is 2.54. The largest absolute Gasteiger partial charge is 0.416 e. The summed E-state index contributed by atoms with van der Waals surface area (Å²) in [6.07, 6.45) is -2.11. The Morgan fingerprint density at radius 2 is 1.79 bits per heavy atom. The molecule has 0 saturated carbocycles. The van der Waals surface area contributed by atoms with Crippen molar-refractivity contribution in [2.45, 2.75) is 43.5 Å². The number of halogens is 3. The summed E-state index contributed by atoms with van der Waals surface area (Å²) in [4.78, 5) is 44.6. The molecular formula is C28H31F3N4O4. The van der Waals surface area contributed by atoms with E-state index in [1.165, 1.54) is 21.9 Å². The van der Waals surface area contributed by atoms with Gasteiger partial charge in [-0.05, 0) is 56.0 Å². The van der Waals surface area contributed by atoms with Gasteiger partial charge in [0.2, 0.25) is 5.91 Å². The fraction of sp³-hybridized carbons (Fsp3) is 0.464. The van der Waals surface area contributed by atoms with Crippen LogP contribution in [0.15, 0.2) is 54.6 Å². The second-order valence-electron chi connectivity index (χ2n) is 10.2. The van der Waals surface area contributed by atoms with Crippen LogP contribution in [0.25, 0.3) is 0 Å². The first kappa shape index (κ1) is 27.0. The van der Waals surface area contributed by atoms with Crippen molar-refractivity contribution < 1.29 is 32.3 Å².